The van der Waals surface area contributed by atoms with E-state index in [9.17, 15) is 0 Å². The Kier molecular flexibility index (Phi) is 1.66. The van der Waals surface area contributed by atoms with Gasteiger partial charge >= 0.3 is 0 Å². The number of fused-ring (bicyclic) bond motifs is 3. The van der Waals surface area contributed by atoms with Crippen molar-refractivity contribution in [1.82, 2.24) is 0 Å². The second-order valence-electron chi connectivity index (χ2n) is 4.04. The number of hydrogen-bond donors (Lipinski definition) is 0. The number of rotatable bonds is 0. The highest BCUT2D eigenvalue weighted by Crippen LogP contribution is 2.31. The number of benzene rings is 1. The van der Waals surface area contributed by atoms with Gasteiger partial charge in [0.1, 0.15) is 0 Å². The number of aryl methyl sites for hydroxylation is 1. The molecule has 0 saturated heterocycles. The van der Waals surface area contributed by atoms with Crippen LogP contribution in [0.1, 0.15) is 35.1 Å². The third kappa shape index (κ3) is 1.11. The summed E-state index contributed by atoms with van der Waals surface area (Å²) in [6, 6.07) is 4.56. The molecule has 0 bridgehead atoms. The fourth-order valence-electron chi connectivity index (χ4n) is 2.53. The lowest BCUT2D eigenvalue weighted by atomic mass is 9.87. The van der Waals surface area contributed by atoms with Crippen LogP contribution in [0.15, 0.2) is 12.1 Å². The largest absolute Gasteiger partial charge is 0.372 e. The lowest BCUT2D eigenvalue weighted by Crippen LogP contribution is -2.06. The average Bonchev–Trinajstić information content (AvgIpc) is 2.65. The fourth-order valence-corrected chi connectivity index (χ4v) is 2.53. The van der Waals surface area contributed by atoms with E-state index < -0.39 is 0 Å². The summed E-state index contributed by atoms with van der Waals surface area (Å²) in [4.78, 5) is 0. The Balaban J connectivity index is 2.17. The van der Waals surface area contributed by atoms with Gasteiger partial charge in [0, 0.05) is 0 Å². The summed E-state index contributed by atoms with van der Waals surface area (Å²) in [7, 11) is 0. The van der Waals surface area contributed by atoms with E-state index in [0.29, 0.717) is 0 Å². The van der Waals surface area contributed by atoms with E-state index in [0.717, 1.165) is 13.2 Å². The molecular formula is C12H14O. The second kappa shape index (κ2) is 2.85. The molecule has 1 aromatic rings. The third-order valence-corrected chi connectivity index (χ3v) is 3.25. The lowest BCUT2D eigenvalue weighted by molar-refractivity contribution is 0.134. The van der Waals surface area contributed by atoms with Crippen LogP contribution in [0.25, 0.3) is 0 Å². The smallest absolute Gasteiger partial charge is 0.0727 e. The van der Waals surface area contributed by atoms with E-state index >= 15 is 0 Å². The maximum atomic E-state index is 5.48. The number of ether oxygens (including phenoxy) is 1. The van der Waals surface area contributed by atoms with Gasteiger partial charge in [-0.3, -0.25) is 0 Å². The molecule has 1 aliphatic carbocycles. The van der Waals surface area contributed by atoms with Gasteiger partial charge < -0.3 is 4.74 Å². The molecule has 68 valence electrons. The molecule has 0 atom stereocenters. The van der Waals surface area contributed by atoms with E-state index in [2.05, 4.69) is 12.1 Å². The molecular weight excluding hydrogens is 160 g/mol. The van der Waals surface area contributed by atoms with Crippen molar-refractivity contribution in [1.29, 1.82) is 0 Å². The highest BCUT2D eigenvalue weighted by Gasteiger charge is 2.19. The van der Waals surface area contributed by atoms with Crippen molar-refractivity contribution in [2.24, 2.45) is 0 Å². The van der Waals surface area contributed by atoms with Crippen LogP contribution in [0, 0.1) is 0 Å². The van der Waals surface area contributed by atoms with Crippen molar-refractivity contribution in [2.45, 2.75) is 38.9 Å². The summed E-state index contributed by atoms with van der Waals surface area (Å²) in [6.07, 6.45) is 5.29. The Morgan fingerprint density at radius 2 is 1.69 bits per heavy atom. The van der Waals surface area contributed by atoms with E-state index in [1.807, 2.05) is 0 Å². The summed E-state index contributed by atoms with van der Waals surface area (Å²) in [5.41, 5.74) is 6.13. The van der Waals surface area contributed by atoms with Gasteiger partial charge in [0.25, 0.3) is 0 Å². The molecule has 0 unspecified atom stereocenters. The molecule has 0 aromatic heterocycles. The van der Waals surface area contributed by atoms with Gasteiger partial charge in [0.15, 0.2) is 0 Å². The second-order valence-corrected chi connectivity index (χ2v) is 4.04. The predicted octanol–water partition coefficient (Wildman–Crippen LogP) is 2.60. The third-order valence-electron chi connectivity index (χ3n) is 3.25. The molecule has 1 nitrogen and oxygen atoms in total. The summed E-state index contributed by atoms with van der Waals surface area (Å²) in [5, 5.41) is 0. The first kappa shape index (κ1) is 7.57. The minimum Gasteiger partial charge on any atom is -0.372 e. The summed E-state index contributed by atoms with van der Waals surface area (Å²) in [5.74, 6) is 0. The van der Waals surface area contributed by atoms with Crippen molar-refractivity contribution in [2.75, 3.05) is 0 Å². The molecule has 3 rings (SSSR count). The maximum Gasteiger partial charge on any atom is 0.0727 e. The molecule has 1 aliphatic heterocycles. The topological polar surface area (TPSA) is 9.23 Å². The Bertz CT molecular complexity index is 341. The summed E-state index contributed by atoms with van der Waals surface area (Å²) in [6.45, 7) is 1.70. The van der Waals surface area contributed by atoms with Gasteiger partial charge in [-0.15, -0.1) is 0 Å². The van der Waals surface area contributed by atoms with Gasteiger partial charge in [0.2, 0.25) is 0 Å². The Labute approximate surface area is 78.7 Å². The maximum absolute atomic E-state index is 5.48. The molecule has 0 radical (unpaired) electrons. The van der Waals surface area contributed by atoms with Crippen LogP contribution < -0.4 is 0 Å². The molecule has 0 amide bonds. The molecule has 2 aliphatic rings. The van der Waals surface area contributed by atoms with Gasteiger partial charge in [-0.05, 0) is 47.9 Å². The highest BCUT2D eigenvalue weighted by atomic mass is 16.5. The fraction of sp³-hybridized carbons (Fsp3) is 0.500. The van der Waals surface area contributed by atoms with Crippen molar-refractivity contribution >= 4 is 0 Å². The molecule has 1 aromatic carbocycles. The van der Waals surface area contributed by atoms with E-state index in [4.69, 9.17) is 4.74 Å². The predicted molar refractivity (Wildman–Crippen MR) is 51.6 cm³/mol. The van der Waals surface area contributed by atoms with Crippen LogP contribution in [-0.4, -0.2) is 0 Å². The van der Waals surface area contributed by atoms with Crippen LogP contribution >= 0.6 is 0 Å². The molecule has 13 heavy (non-hydrogen) atoms. The Morgan fingerprint density at radius 1 is 0.846 bits per heavy atom. The van der Waals surface area contributed by atoms with Gasteiger partial charge in [-0.25, -0.2) is 0 Å². The Hall–Kier alpha value is -0.820. The minimum absolute atomic E-state index is 0.836. The van der Waals surface area contributed by atoms with Crippen LogP contribution in [0.3, 0.4) is 0 Å². The molecule has 0 fully saturated rings. The van der Waals surface area contributed by atoms with Crippen molar-refractivity contribution in [3.8, 4) is 0 Å². The molecule has 0 N–H and O–H groups in total. The number of hydrogen-bond acceptors (Lipinski definition) is 1. The lowest BCUT2D eigenvalue weighted by Gasteiger charge is -2.18. The quantitative estimate of drug-likeness (QED) is 0.587. The van der Waals surface area contributed by atoms with Crippen molar-refractivity contribution in [3.63, 3.8) is 0 Å². The monoisotopic (exact) mass is 174 g/mol. The van der Waals surface area contributed by atoms with Gasteiger partial charge in [-0.1, -0.05) is 12.1 Å². The zero-order valence-corrected chi connectivity index (χ0v) is 7.81. The van der Waals surface area contributed by atoms with Crippen LogP contribution in [0.5, 0.6) is 0 Å². The minimum atomic E-state index is 0.836. The van der Waals surface area contributed by atoms with Crippen LogP contribution in [0.4, 0.5) is 0 Å². The first-order valence-corrected chi connectivity index (χ1v) is 5.15. The molecule has 1 heteroatoms. The van der Waals surface area contributed by atoms with E-state index in [-0.39, 0.29) is 0 Å². The van der Waals surface area contributed by atoms with Crippen molar-refractivity contribution in [3.05, 3.63) is 34.4 Å². The SMILES string of the molecule is c1cc2c(c3c1CCCC3)COC2. The van der Waals surface area contributed by atoms with E-state index in [1.54, 1.807) is 11.1 Å². The molecule has 1 heterocycles. The van der Waals surface area contributed by atoms with Gasteiger partial charge in [0.05, 0.1) is 13.2 Å². The van der Waals surface area contributed by atoms with Crippen LogP contribution in [0.2, 0.25) is 0 Å². The first-order valence-electron chi connectivity index (χ1n) is 5.15. The zero-order valence-electron chi connectivity index (χ0n) is 7.81. The summed E-state index contributed by atoms with van der Waals surface area (Å²) >= 11 is 0. The van der Waals surface area contributed by atoms with Gasteiger partial charge in [-0.2, -0.15) is 0 Å². The van der Waals surface area contributed by atoms with Crippen LogP contribution in [-0.2, 0) is 30.8 Å². The normalized spacial score (nSPS) is 19.7. The highest BCUT2D eigenvalue weighted by molar-refractivity contribution is 5.43. The standard InChI is InChI=1S/C12H14O/c1-2-4-11-9(3-1)5-6-10-7-13-8-12(10)11/h5-6H,1-4,7-8H2. The first-order chi connectivity index (χ1) is 6.45. The van der Waals surface area contributed by atoms with E-state index in [1.165, 1.54) is 36.8 Å². The average molecular weight is 174 g/mol. The Morgan fingerprint density at radius 3 is 2.69 bits per heavy atom. The summed E-state index contributed by atoms with van der Waals surface area (Å²) < 4.78 is 5.48. The molecule has 0 saturated carbocycles. The molecule has 0 spiro atoms. The van der Waals surface area contributed by atoms with Crippen molar-refractivity contribution < 1.29 is 4.74 Å². The zero-order chi connectivity index (χ0) is 8.67.